The van der Waals surface area contributed by atoms with Crippen molar-refractivity contribution in [3.8, 4) is 11.5 Å². The topological polar surface area (TPSA) is 77.0 Å². The summed E-state index contributed by atoms with van der Waals surface area (Å²) in [5.41, 5.74) is 0.938. The van der Waals surface area contributed by atoms with E-state index in [0.717, 1.165) is 29.5 Å². The number of aromatic nitrogens is 2. The summed E-state index contributed by atoms with van der Waals surface area (Å²) in [5.74, 6) is 3.47. The molecule has 8 heteroatoms. The number of aryl methyl sites for hydroxylation is 1. The van der Waals surface area contributed by atoms with E-state index >= 15 is 0 Å². The van der Waals surface area contributed by atoms with Crippen LogP contribution in [0.1, 0.15) is 11.4 Å². The second-order valence-corrected chi connectivity index (χ2v) is 7.83. The summed E-state index contributed by atoms with van der Waals surface area (Å²) in [6, 6.07) is 7.72. The number of rotatable bonds is 3. The van der Waals surface area contributed by atoms with Crippen molar-refractivity contribution in [1.82, 2.24) is 14.9 Å². The molecule has 0 N–H and O–H groups in total. The van der Waals surface area contributed by atoms with Crippen LogP contribution in [0.3, 0.4) is 0 Å². The first-order valence-electron chi connectivity index (χ1n) is 9.96. The normalized spacial score (nSPS) is 23.1. The van der Waals surface area contributed by atoms with Crippen LogP contribution < -0.4 is 14.4 Å². The van der Waals surface area contributed by atoms with Gasteiger partial charge in [-0.25, -0.2) is 9.97 Å². The van der Waals surface area contributed by atoms with Crippen LogP contribution in [0.25, 0.3) is 0 Å². The standard InChI is InChI=1S/C21H24N4O4/c1-14-22-5-4-20(23-14)25-9-16-8-24(10-17(25)12-27-11-16)21(26)7-15-2-3-18-19(6-15)29-13-28-18/h2-6,16-17H,7-13H2,1H3/t16-,17-/m0/s1. The first-order chi connectivity index (χ1) is 14.2. The van der Waals surface area contributed by atoms with E-state index in [9.17, 15) is 4.79 Å². The zero-order valence-corrected chi connectivity index (χ0v) is 16.4. The van der Waals surface area contributed by atoms with Crippen LogP contribution in [-0.4, -0.2) is 66.5 Å². The van der Waals surface area contributed by atoms with Gasteiger partial charge in [0.05, 0.1) is 25.7 Å². The van der Waals surface area contributed by atoms with Crippen molar-refractivity contribution in [1.29, 1.82) is 0 Å². The maximum Gasteiger partial charge on any atom is 0.231 e. The highest BCUT2D eigenvalue weighted by Crippen LogP contribution is 2.33. The number of hydrogen-bond donors (Lipinski definition) is 0. The van der Waals surface area contributed by atoms with E-state index in [1.807, 2.05) is 36.1 Å². The van der Waals surface area contributed by atoms with Gasteiger partial charge in [-0.05, 0) is 30.7 Å². The summed E-state index contributed by atoms with van der Waals surface area (Å²) in [6.07, 6.45) is 2.14. The molecule has 0 spiro atoms. The lowest BCUT2D eigenvalue weighted by molar-refractivity contribution is -0.132. The number of amides is 1. The van der Waals surface area contributed by atoms with E-state index in [1.54, 1.807) is 6.20 Å². The van der Waals surface area contributed by atoms with Crippen molar-refractivity contribution in [3.05, 3.63) is 41.9 Å². The fourth-order valence-electron chi connectivity index (χ4n) is 4.27. The molecule has 2 aromatic rings. The Bertz CT molecular complexity index is 921. The Labute approximate surface area is 169 Å². The fraction of sp³-hybridized carbons (Fsp3) is 0.476. The first kappa shape index (κ1) is 18.2. The summed E-state index contributed by atoms with van der Waals surface area (Å²) in [7, 11) is 0. The average molecular weight is 396 g/mol. The van der Waals surface area contributed by atoms with Gasteiger partial charge in [-0.2, -0.15) is 0 Å². The van der Waals surface area contributed by atoms with Gasteiger partial charge in [-0.1, -0.05) is 6.07 Å². The van der Waals surface area contributed by atoms with E-state index in [-0.39, 0.29) is 24.7 Å². The van der Waals surface area contributed by atoms with Crippen molar-refractivity contribution in [3.63, 3.8) is 0 Å². The molecule has 0 unspecified atom stereocenters. The molecule has 4 heterocycles. The summed E-state index contributed by atoms with van der Waals surface area (Å²) >= 11 is 0. The number of carbonyl (C=O) groups is 1. The van der Waals surface area contributed by atoms with Gasteiger partial charge in [-0.3, -0.25) is 4.79 Å². The Morgan fingerprint density at radius 3 is 2.93 bits per heavy atom. The summed E-state index contributed by atoms with van der Waals surface area (Å²) in [6.45, 7) is 5.53. The quantitative estimate of drug-likeness (QED) is 0.777. The molecule has 8 nitrogen and oxygen atoms in total. The average Bonchev–Trinajstić information content (AvgIpc) is 2.96. The lowest BCUT2D eigenvalue weighted by Crippen LogP contribution is -2.46. The zero-order chi connectivity index (χ0) is 19.8. The van der Waals surface area contributed by atoms with Crippen LogP contribution >= 0.6 is 0 Å². The van der Waals surface area contributed by atoms with E-state index in [1.165, 1.54) is 0 Å². The van der Waals surface area contributed by atoms with Crippen molar-refractivity contribution in [2.75, 3.05) is 44.5 Å². The van der Waals surface area contributed by atoms with Crippen molar-refractivity contribution in [2.45, 2.75) is 19.4 Å². The van der Waals surface area contributed by atoms with Gasteiger partial charge in [0.15, 0.2) is 11.5 Å². The predicted molar refractivity (Wildman–Crippen MR) is 105 cm³/mol. The smallest absolute Gasteiger partial charge is 0.231 e. The minimum Gasteiger partial charge on any atom is -0.454 e. The van der Waals surface area contributed by atoms with Crippen LogP contribution in [-0.2, 0) is 16.0 Å². The third kappa shape index (κ3) is 3.72. The molecule has 0 saturated carbocycles. The summed E-state index contributed by atoms with van der Waals surface area (Å²) in [4.78, 5) is 26.2. The second-order valence-electron chi connectivity index (χ2n) is 7.83. The Morgan fingerprint density at radius 1 is 1.14 bits per heavy atom. The van der Waals surface area contributed by atoms with Gasteiger partial charge in [0, 0.05) is 31.7 Å². The molecule has 152 valence electrons. The molecule has 2 bridgehead atoms. The molecule has 1 aromatic heterocycles. The van der Waals surface area contributed by atoms with Gasteiger partial charge in [0.1, 0.15) is 11.6 Å². The molecule has 0 aliphatic carbocycles. The molecule has 1 amide bonds. The second kappa shape index (κ2) is 7.51. The Kier molecular flexibility index (Phi) is 4.71. The van der Waals surface area contributed by atoms with E-state index < -0.39 is 0 Å². The largest absolute Gasteiger partial charge is 0.454 e. The first-order valence-corrected chi connectivity index (χ1v) is 9.96. The molecule has 2 fully saturated rings. The lowest BCUT2D eigenvalue weighted by Gasteiger charge is -2.32. The highest BCUT2D eigenvalue weighted by molar-refractivity contribution is 5.79. The molecule has 29 heavy (non-hydrogen) atoms. The molecule has 3 aliphatic rings. The Balaban J connectivity index is 1.33. The summed E-state index contributed by atoms with van der Waals surface area (Å²) < 4.78 is 16.7. The minimum absolute atomic E-state index is 0.0810. The van der Waals surface area contributed by atoms with Gasteiger partial charge in [0.25, 0.3) is 0 Å². The van der Waals surface area contributed by atoms with Crippen LogP contribution in [0.4, 0.5) is 5.82 Å². The highest BCUT2D eigenvalue weighted by Gasteiger charge is 2.35. The Morgan fingerprint density at radius 2 is 2.03 bits per heavy atom. The van der Waals surface area contributed by atoms with Gasteiger partial charge < -0.3 is 24.0 Å². The molecule has 5 rings (SSSR count). The number of ether oxygens (including phenoxy) is 3. The minimum atomic E-state index is 0.0810. The van der Waals surface area contributed by atoms with Gasteiger partial charge >= 0.3 is 0 Å². The lowest BCUT2D eigenvalue weighted by atomic mass is 10.1. The maximum absolute atomic E-state index is 13.1. The SMILES string of the molecule is Cc1nccc(N2C[C@H]3COC[C@@H]2CN(C(=O)Cc2ccc4c(c2)OCO4)C3)n1. The van der Waals surface area contributed by atoms with Crippen LogP contribution in [0.2, 0.25) is 0 Å². The van der Waals surface area contributed by atoms with Gasteiger partial charge in [0.2, 0.25) is 12.7 Å². The third-order valence-electron chi connectivity index (χ3n) is 5.67. The number of carbonyl (C=O) groups excluding carboxylic acids is 1. The van der Waals surface area contributed by atoms with Crippen molar-refractivity contribution < 1.29 is 19.0 Å². The van der Waals surface area contributed by atoms with Crippen molar-refractivity contribution >= 4 is 11.7 Å². The van der Waals surface area contributed by atoms with E-state index in [0.29, 0.717) is 38.5 Å². The molecule has 2 saturated heterocycles. The van der Waals surface area contributed by atoms with Crippen LogP contribution in [0.5, 0.6) is 11.5 Å². The third-order valence-corrected chi connectivity index (χ3v) is 5.67. The van der Waals surface area contributed by atoms with E-state index in [2.05, 4.69) is 14.9 Å². The molecule has 2 atom stereocenters. The molecule has 3 aliphatic heterocycles. The van der Waals surface area contributed by atoms with E-state index in [4.69, 9.17) is 14.2 Å². The molecular weight excluding hydrogens is 372 g/mol. The molecular formula is C21H24N4O4. The number of benzene rings is 1. The Hall–Kier alpha value is -2.87. The number of nitrogens with zero attached hydrogens (tertiary/aromatic N) is 4. The van der Waals surface area contributed by atoms with Crippen molar-refractivity contribution in [2.24, 2.45) is 5.92 Å². The number of fused-ring (bicyclic) bond motifs is 4. The number of anilines is 1. The van der Waals surface area contributed by atoms with Gasteiger partial charge in [-0.15, -0.1) is 0 Å². The molecule has 1 aromatic carbocycles. The number of hydrogen-bond acceptors (Lipinski definition) is 7. The highest BCUT2D eigenvalue weighted by atomic mass is 16.7. The monoisotopic (exact) mass is 396 g/mol. The van der Waals surface area contributed by atoms with Crippen LogP contribution in [0, 0.1) is 12.8 Å². The summed E-state index contributed by atoms with van der Waals surface area (Å²) in [5, 5.41) is 0. The van der Waals surface area contributed by atoms with Crippen LogP contribution in [0.15, 0.2) is 30.5 Å². The predicted octanol–water partition coefficient (Wildman–Crippen LogP) is 1.42. The molecule has 0 radical (unpaired) electrons. The maximum atomic E-state index is 13.1. The fourth-order valence-corrected chi connectivity index (χ4v) is 4.27. The zero-order valence-electron chi connectivity index (χ0n) is 16.4.